The lowest BCUT2D eigenvalue weighted by Crippen LogP contribution is -2.08. The van der Waals surface area contributed by atoms with Gasteiger partial charge < -0.3 is 4.74 Å². The minimum absolute atomic E-state index is 0.168. The Morgan fingerprint density at radius 2 is 2.14 bits per heavy atom. The second kappa shape index (κ2) is 5.81. The van der Waals surface area contributed by atoms with Crippen LogP contribution in [-0.2, 0) is 16.0 Å². The van der Waals surface area contributed by atoms with Gasteiger partial charge in [-0.3, -0.25) is 4.79 Å². The molecule has 0 unspecified atom stereocenters. The van der Waals surface area contributed by atoms with Gasteiger partial charge in [0.25, 0.3) is 0 Å². The first-order valence-electron chi connectivity index (χ1n) is 4.63. The smallest absolute Gasteiger partial charge is 0.310 e. The molecule has 0 bridgehead atoms. The van der Waals surface area contributed by atoms with Gasteiger partial charge in [0.2, 0.25) is 0 Å². The number of esters is 1. The van der Waals surface area contributed by atoms with E-state index in [0.717, 1.165) is 16.5 Å². The fourth-order valence-electron chi connectivity index (χ4n) is 1.06. The van der Waals surface area contributed by atoms with Crippen molar-refractivity contribution in [3.63, 3.8) is 0 Å². The highest BCUT2D eigenvalue weighted by molar-refractivity contribution is 9.10. The first-order valence-corrected chi connectivity index (χ1v) is 5.42. The van der Waals surface area contributed by atoms with E-state index in [1.165, 1.54) is 0 Å². The monoisotopic (exact) mass is 256 g/mol. The second-order valence-electron chi connectivity index (χ2n) is 2.99. The molecule has 0 aliphatic heterocycles. The molecule has 0 fully saturated rings. The molecule has 0 saturated heterocycles. The molecule has 0 aliphatic carbocycles. The molecule has 0 saturated carbocycles. The molecule has 0 aromatic heterocycles. The molecule has 14 heavy (non-hydrogen) atoms. The molecule has 0 heterocycles. The van der Waals surface area contributed by atoms with E-state index in [1.54, 1.807) is 0 Å². The number of hydrogen-bond acceptors (Lipinski definition) is 2. The summed E-state index contributed by atoms with van der Waals surface area (Å²) in [6.07, 6.45) is 1.20. The number of benzene rings is 1. The van der Waals surface area contributed by atoms with Gasteiger partial charge in [-0.1, -0.05) is 41.1 Å². The first kappa shape index (κ1) is 11.2. The van der Waals surface area contributed by atoms with Crippen LogP contribution in [0.25, 0.3) is 0 Å². The van der Waals surface area contributed by atoms with E-state index < -0.39 is 0 Å². The Kier molecular flexibility index (Phi) is 4.66. The lowest BCUT2D eigenvalue weighted by molar-refractivity contribution is -0.142. The van der Waals surface area contributed by atoms with E-state index in [4.69, 9.17) is 4.74 Å². The maximum absolute atomic E-state index is 11.3. The van der Waals surface area contributed by atoms with Crippen molar-refractivity contribution in [1.82, 2.24) is 0 Å². The maximum Gasteiger partial charge on any atom is 0.310 e. The molecule has 0 spiro atoms. The fraction of sp³-hybridized carbons (Fsp3) is 0.364. The van der Waals surface area contributed by atoms with Crippen molar-refractivity contribution in [2.24, 2.45) is 0 Å². The summed E-state index contributed by atoms with van der Waals surface area (Å²) in [5.74, 6) is -0.168. The zero-order valence-electron chi connectivity index (χ0n) is 8.13. The Bertz CT molecular complexity index is 310. The second-order valence-corrected chi connectivity index (χ2v) is 3.84. The van der Waals surface area contributed by atoms with E-state index in [-0.39, 0.29) is 5.97 Å². The van der Waals surface area contributed by atoms with Gasteiger partial charge in [-0.05, 0) is 18.1 Å². The molecule has 0 atom stereocenters. The van der Waals surface area contributed by atoms with Gasteiger partial charge in [-0.2, -0.15) is 0 Å². The lowest BCUT2D eigenvalue weighted by Gasteiger charge is -2.04. The summed E-state index contributed by atoms with van der Waals surface area (Å²) in [5.41, 5.74) is 0.966. The van der Waals surface area contributed by atoms with E-state index in [2.05, 4.69) is 15.9 Å². The standard InChI is InChI=1S/C11H13BrO2/c1-2-7-14-11(13)8-9-5-3-4-6-10(9)12/h3-6H,2,7-8H2,1H3. The van der Waals surface area contributed by atoms with E-state index in [9.17, 15) is 4.79 Å². The summed E-state index contributed by atoms with van der Waals surface area (Å²) < 4.78 is 5.94. The quantitative estimate of drug-likeness (QED) is 0.775. The van der Waals surface area contributed by atoms with Crippen LogP contribution in [0.2, 0.25) is 0 Å². The zero-order chi connectivity index (χ0) is 10.4. The largest absolute Gasteiger partial charge is 0.465 e. The Morgan fingerprint density at radius 1 is 1.43 bits per heavy atom. The normalized spacial score (nSPS) is 9.86. The maximum atomic E-state index is 11.3. The Balaban J connectivity index is 2.52. The molecule has 2 nitrogen and oxygen atoms in total. The van der Waals surface area contributed by atoms with Gasteiger partial charge in [-0.15, -0.1) is 0 Å². The summed E-state index contributed by atoms with van der Waals surface area (Å²) in [5, 5.41) is 0. The van der Waals surface area contributed by atoms with Crippen LogP contribution in [0.1, 0.15) is 18.9 Å². The number of hydrogen-bond donors (Lipinski definition) is 0. The van der Waals surface area contributed by atoms with Gasteiger partial charge in [-0.25, -0.2) is 0 Å². The van der Waals surface area contributed by atoms with Crippen molar-refractivity contribution >= 4 is 21.9 Å². The van der Waals surface area contributed by atoms with Crippen molar-refractivity contribution in [2.45, 2.75) is 19.8 Å². The van der Waals surface area contributed by atoms with Crippen molar-refractivity contribution in [2.75, 3.05) is 6.61 Å². The number of carbonyl (C=O) groups is 1. The third-order valence-corrected chi connectivity index (χ3v) is 2.53. The van der Waals surface area contributed by atoms with Gasteiger partial charge >= 0.3 is 5.97 Å². The SMILES string of the molecule is CCCOC(=O)Cc1ccccc1Br. The molecule has 1 rings (SSSR count). The topological polar surface area (TPSA) is 26.3 Å². The fourth-order valence-corrected chi connectivity index (χ4v) is 1.49. The Labute approximate surface area is 92.4 Å². The molecule has 0 amide bonds. The Morgan fingerprint density at radius 3 is 2.79 bits per heavy atom. The highest BCUT2D eigenvalue weighted by Gasteiger charge is 2.06. The van der Waals surface area contributed by atoms with Crippen molar-refractivity contribution in [1.29, 1.82) is 0 Å². The molecule has 3 heteroatoms. The summed E-state index contributed by atoms with van der Waals surface area (Å²) in [7, 11) is 0. The third kappa shape index (κ3) is 3.50. The summed E-state index contributed by atoms with van der Waals surface area (Å²) in [6.45, 7) is 2.48. The zero-order valence-corrected chi connectivity index (χ0v) is 9.71. The van der Waals surface area contributed by atoms with Crippen LogP contribution in [0.5, 0.6) is 0 Å². The highest BCUT2D eigenvalue weighted by atomic mass is 79.9. The summed E-state index contributed by atoms with van der Waals surface area (Å²) in [6, 6.07) is 7.66. The van der Waals surface area contributed by atoms with Crippen molar-refractivity contribution < 1.29 is 9.53 Å². The molecule has 0 aliphatic rings. The Hall–Kier alpha value is -0.830. The van der Waals surface area contributed by atoms with E-state index in [1.807, 2.05) is 31.2 Å². The van der Waals surface area contributed by atoms with Gasteiger partial charge in [0.1, 0.15) is 0 Å². The number of carbonyl (C=O) groups excluding carboxylic acids is 1. The minimum Gasteiger partial charge on any atom is -0.465 e. The average molecular weight is 257 g/mol. The van der Waals surface area contributed by atoms with Crippen LogP contribution in [0.4, 0.5) is 0 Å². The molecular formula is C11H13BrO2. The predicted molar refractivity (Wildman–Crippen MR) is 59.1 cm³/mol. The molecule has 0 N–H and O–H groups in total. The predicted octanol–water partition coefficient (Wildman–Crippen LogP) is 2.94. The van der Waals surface area contributed by atoms with Crippen LogP contribution < -0.4 is 0 Å². The minimum atomic E-state index is -0.168. The van der Waals surface area contributed by atoms with Crippen LogP contribution in [-0.4, -0.2) is 12.6 Å². The van der Waals surface area contributed by atoms with Gasteiger partial charge in [0.05, 0.1) is 13.0 Å². The number of rotatable bonds is 4. The van der Waals surface area contributed by atoms with Crippen LogP contribution in [0, 0.1) is 0 Å². The average Bonchev–Trinajstić information content (AvgIpc) is 2.18. The molecule has 1 aromatic rings. The van der Waals surface area contributed by atoms with Crippen LogP contribution >= 0.6 is 15.9 Å². The lowest BCUT2D eigenvalue weighted by atomic mass is 10.1. The van der Waals surface area contributed by atoms with Gasteiger partial charge in [0.15, 0.2) is 0 Å². The first-order chi connectivity index (χ1) is 6.74. The van der Waals surface area contributed by atoms with Crippen molar-refractivity contribution in [3.8, 4) is 0 Å². The molecule has 1 aromatic carbocycles. The van der Waals surface area contributed by atoms with Crippen LogP contribution in [0.3, 0.4) is 0 Å². The molecule has 0 radical (unpaired) electrons. The number of ether oxygens (including phenoxy) is 1. The summed E-state index contributed by atoms with van der Waals surface area (Å²) >= 11 is 3.39. The van der Waals surface area contributed by atoms with E-state index >= 15 is 0 Å². The molecule has 76 valence electrons. The highest BCUT2D eigenvalue weighted by Crippen LogP contribution is 2.16. The molecular weight excluding hydrogens is 244 g/mol. The van der Waals surface area contributed by atoms with Crippen LogP contribution in [0.15, 0.2) is 28.7 Å². The van der Waals surface area contributed by atoms with Gasteiger partial charge in [0, 0.05) is 4.47 Å². The van der Waals surface area contributed by atoms with E-state index in [0.29, 0.717) is 13.0 Å². The summed E-state index contributed by atoms with van der Waals surface area (Å²) in [4.78, 5) is 11.3. The number of halogens is 1. The third-order valence-electron chi connectivity index (χ3n) is 1.76. The van der Waals surface area contributed by atoms with Crippen molar-refractivity contribution in [3.05, 3.63) is 34.3 Å².